The molecule has 0 unspecified atom stereocenters. The largest absolute Gasteiger partial charge is 0.336 e. The van der Waals surface area contributed by atoms with Gasteiger partial charge < -0.3 is 10.6 Å². The lowest BCUT2D eigenvalue weighted by Crippen LogP contribution is -2.45. The van der Waals surface area contributed by atoms with E-state index >= 15 is 0 Å². The number of nitrogens with one attached hydrogen (secondary N) is 2. The molecule has 0 bridgehead atoms. The lowest BCUT2D eigenvalue weighted by molar-refractivity contribution is 0.205. The maximum Gasteiger partial charge on any atom is 0.315 e. The Morgan fingerprint density at radius 2 is 1.87 bits per heavy atom. The Morgan fingerprint density at radius 1 is 1.22 bits per heavy atom. The fourth-order valence-electron chi connectivity index (χ4n) is 2.78. The van der Waals surface area contributed by atoms with Gasteiger partial charge in [-0.3, -0.25) is 0 Å². The van der Waals surface area contributed by atoms with Crippen LogP contribution in [0.15, 0.2) is 30.3 Å². The molecule has 1 aromatic rings. The summed E-state index contributed by atoms with van der Waals surface area (Å²) in [5.41, 5.74) is 1.12. The Bertz CT molecular complexity index is 612. The second-order valence-corrected chi connectivity index (χ2v) is 8.78. The van der Waals surface area contributed by atoms with Crippen molar-refractivity contribution >= 4 is 15.9 Å². The van der Waals surface area contributed by atoms with E-state index in [9.17, 15) is 13.2 Å². The van der Waals surface area contributed by atoms with Gasteiger partial charge in [0.1, 0.15) is 9.84 Å². The highest BCUT2D eigenvalue weighted by Gasteiger charge is 2.29. The van der Waals surface area contributed by atoms with E-state index in [1.807, 2.05) is 37.3 Å². The minimum Gasteiger partial charge on any atom is -0.336 e. The maximum absolute atomic E-state index is 12.2. The van der Waals surface area contributed by atoms with Crippen molar-refractivity contribution in [1.82, 2.24) is 10.6 Å². The third-order valence-corrected chi connectivity index (χ3v) is 5.34. The molecule has 128 valence electrons. The van der Waals surface area contributed by atoms with E-state index in [0.717, 1.165) is 18.4 Å². The Labute approximate surface area is 138 Å². The first kappa shape index (κ1) is 17.8. The van der Waals surface area contributed by atoms with Crippen LogP contribution in [0.4, 0.5) is 4.79 Å². The summed E-state index contributed by atoms with van der Waals surface area (Å²) in [6.45, 7) is 1.83. The Balaban J connectivity index is 1.90. The summed E-state index contributed by atoms with van der Waals surface area (Å²) in [4.78, 5) is 12.2. The molecule has 0 heterocycles. The Morgan fingerprint density at radius 3 is 2.39 bits per heavy atom. The molecule has 2 atom stereocenters. The van der Waals surface area contributed by atoms with Gasteiger partial charge in [0.05, 0.1) is 11.8 Å². The predicted molar refractivity (Wildman–Crippen MR) is 92.0 cm³/mol. The molecule has 1 aromatic carbocycles. The number of hydrogen-bond donors (Lipinski definition) is 2. The molecule has 1 aliphatic carbocycles. The standard InChI is InChI=1S/C17H26N2O3S/c1-13(11-12-23(2,21)22)18-17(20)19-16(15-9-6-10-15)14-7-4-3-5-8-14/h3-5,7-8,13,15-16H,6,9-12H2,1-2H3,(H2,18,19,20)/t13-,16-/m1/s1. The lowest BCUT2D eigenvalue weighted by atomic mass is 9.77. The molecule has 1 fully saturated rings. The van der Waals surface area contributed by atoms with Gasteiger partial charge in [0.25, 0.3) is 0 Å². The maximum atomic E-state index is 12.2. The van der Waals surface area contributed by atoms with Crippen molar-refractivity contribution in [2.45, 2.75) is 44.7 Å². The molecule has 0 aromatic heterocycles. The minimum atomic E-state index is -3.00. The normalized spacial score (nSPS) is 17.8. The summed E-state index contributed by atoms with van der Waals surface area (Å²) in [6, 6.07) is 9.62. The van der Waals surface area contributed by atoms with Crippen LogP contribution < -0.4 is 10.6 Å². The number of sulfone groups is 1. The van der Waals surface area contributed by atoms with Crippen LogP contribution >= 0.6 is 0 Å². The number of benzene rings is 1. The van der Waals surface area contributed by atoms with Crippen molar-refractivity contribution in [3.05, 3.63) is 35.9 Å². The molecule has 5 nitrogen and oxygen atoms in total. The highest BCUT2D eigenvalue weighted by atomic mass is 32.2. The van der Waals surface area contributed by atoms with Gasteiger partial charge in [-0.05, 0) is 37.7 Å². The van der Waals surface area contributed by atoms with Gasteiger partial charge in [0, 0.05) is 12.3 Å². The first-order chi connectivity index (χ1) is 10.8. The molecule has 0 saturated heterocycles. The number of hydrogen-bond acceptors (Lipinski definition) is 3. The number of urea groups is 1. The van der Waals surface area contributed by atoms with E-state index in [1.54, 1.807) is 0 Å². The molecule has 2 rings (SSSR count). The summed E-state index contributed by atoms with van der Waals surface area (Å²) < 4.78 is 22.4. The molecular formula is C17H26N2O3S. The van der Waals surface area contributed by atoms with Crippen LogP contribution in [-0.2, 0) is 9.84 Å². The quantitative estimate of drug-likeness (QED) is 0.802. The average molecular weight is 338 g/mol. The number of carbonyl (C=O) groups is 1. The van der Waals surface area contributed by atoms with Gasteiger partial charge in [-0.15, -0.1) is 0 Å². The van der Waals surface area contributed by atoms with E-state index in [4.69, 9.17) is 0 Å². The SMILES string of the molecule is C[C@H](CCS(C)(=O)=O)NC(=O)N[C@H](c1ccccc1)C1CCC1. The van der Waals surface area contributed by atoms with Crippen molar-refractivity contribution in [3.8, 4) is 0 Å². The third-order valence-electron chi connectivity index (χ3n) is 4.37. The van der Waals surface area contributed by atoms with Crippen molar-refractivity contribution in [2.75, 3.05) is 12.0 Å². The zero-order valence-electron chi connectivity index (χ0n) is 13.8. The summed E-state index contributed by atoms with van der Waals surface area (Å²) in [5, 5.41) is 5.91. The minimum absolute atomic E-state index is 0.0204. The van der Waals surface area contributed by atoms with Crippen molar-refractivity contribution < 1.29 is 13.2 Å². The van der Waals surface area contributed by atoms with Gasteiger partial charge in [-0.1, -0.05) is 36.8 Å². The molecule has 1 saturated carbocycles. The van der Waals surface area contributed by atoms with Crippen LogP contribution in [0, 0.1) is 5.92 Å². The summed E-state index contributed by atoms with van der Waals surface area (Å²) in [7, 11) is -3.00. The van der Waals surface area contributed by atoms with Crippen molar-refractivity contribution in [1.29, 1.82) is 0 Å². The fourth-order valence-corrected chi connectivity index (χ4v) is 3.56. The second kappa shape index (κ2) is 7.81. The van der Waals surface area contributed by atoms with Crippen LogP contribution in [0.25, 0.3) is 0 Å². The highest BCUT2D eigenvalue weighted by molar-refractivity contribution is 7.90. The van der Waals surface area contributed by atoms with Crippen LogP contribution in [0.3, 0.4) is 0 Å². The van der Waals surface area contributed by atoms with E-state index in [-0.39, 0.29) is 23.9 Å². The van der Waals surface area contributed by atoms with Gasteiger partial charge in [0.15, 0.2) is 0 Å². The second-order valence-electron chi connectivity index (χ2n) is 6.52. The smallest absolute Gasteiger partial charge is 0.315 e. The molecule has 1 aliphatic rings. The third kappa shape index (κ3) is 5.86. The summed E-state index contributed by atoms with van der Waals surface area (Å²) in [6.07, 6.45) is 5.10. The van der Waals surface area contributed by atoms with Crippen molar-refractivity contribution in [3.63, 3.8) is 0 Å². The van der Waals surface area contributed by atoms with Gasteiger partial charge in [-0.25, -0.2) is 13.2 Å². The fraction of sp³-hybridized carbons (Fsp3) is 0.588. The van der Waals surface area contributed by atoms with E-state index < -0.39 is 9.84 Å². The van der Waals surface area contributed by atoms with Gasteiger partial charge in [0.2, 0.25) is 0 Å². The molecular weight excluding hydrogens is 312 g/mol. The predicted octanol–water partition coefficient (Wildman–Crippen LogP) is 2.65. The highest BCUT2D eigenvalue weighted by Crippen LogP contribution is 2.37. The molecule has 2 N–H and O–H groups in total. The zero-order valence-corrected chi connectivity index (χ0v) is 14.6. The van der Waals surface area contributed by atoms with Crippen LogP contribution in [0.2, 0.25) is 0 Å². The molecule has 0 aliphatic heterocycles. The zero-order chi connectivity index (χ0) is 16.9. The number of rotatable bonds is 7. The summed E-state index contributed by atoms with van der Waals surface area (Å²) in [5.74, 6) is 0.564. The van der Waals surface area contributed by atoms with E-state index in [0.29, 0.717) is 12.3 Å². The van der Waals surface area contributed by atoms with Crippen LogP contribution in [0.5, 0.6) is 0 Å². The Kier molecular flexibility index (Phi) is 6.04. The monoisotopic (exact) mass is 338 g/mol. The molecule has 0 spiro atoms. The number of amides is 2. The van der Waals surface area contributed by atoms with Gasteiger partial charge in [-0.2, -0.15) is 0 Å². The van der Waals surface area contributed by atoms with Crippen LogP contribution in [0.1, 0.15) is 44.2 Å². The molecule has 0 radical (unpaired) electrons. The molecule has 23 heavy (non-hydrogen) atoms. The summed E-state index contributed by atoms with van der Waals surface area (Å²) >= 11 is 0. The molecule has 6 heteroatoms. The van der Waals surface area contributed by atoms with E-state index in [2.05, 4.69) is 10.6 Å². The lowest BCUT2D eigenvalue weighted by Gasteiger charge is -2.35. The Hall–Kier alpha value is -1.56. The first-order valence-corrected chi connectivity index (χ1v) is 10.2. The average Bonchev–Trinajstić information content (AvgIpc) is 2.43. The molecule has 2 amide bonds. The first-order valence-electron chi connectivity index (χ1n) is 8.15. The van der Waals surface area contributed by atoms with Gasteiger partial charge >= 0.3 is 6.03 Å². The topological polar surface area (TPSA) is 75.3 Å². The van der Waals surface area contributed by atoms with Crippen molar-refractivity contribution in [2.24, 2.45) is 5.92 Å². The van der Waals surface area contributed by atoms with E-state index in [1.165, 1.54) is 12.7 Å². The number of carbonyl (C=O) groups excluding carboxylic acids is 1. The van der Waals surface area contributed by atoms with Crippen LogP contribution in [-0.4, -0.2) is 32.5 Å².